The number of hydrogen-bond donors (Lipinski definition) is 1. The van der Waals surface area contributed by atoms with Crippen LogP contribution in [0.25, 0.3) is 0 Å². The van der Waals surface area contributed by atoms with Crippen molar-refractivity contribution in [1.29, 1.82) is 0 Å². The third-order valence-electron chi connectivity index (χ3n) is 3.87. The minimum absolute atomic E-state index is 0.478. The van der Waals surface area contributed by atoms with E-state index in [0.29, 0.717) is 18.0 Å². The summed E-state index contributed by atoms with van der Waals surface area (Å²) in [6, 6.07) is 2.48. The van der Waals surface area contributed by atoms with E-state index in [1.807, 2.05) is 16.9 Å². The standard InChI is InChI=1S/C12H20N4O/c13-12-4-5-16(14-12)7-6-15-8-9-17-11-3-1-2-10(11)15/h4-5,10-11H,1-3,6-9H2,(H2,13,14). The second-order valence-electron chi connectivity index (χ2n) is 4.95. The summed E-state index contributed by atoms with van der Waals surface area (Å²) in [7, 11) is 0. The Morgan fingerprint density at radius 2 is 2.35 bits per heavy atom. The molecule has 0 spiro atoms. The Morgan fingerprint density at radius 3 is 3.18 bits per heavy atom. The fraction of sp³-hybridized carbons (Fsp3) is 0.750. The van der Waals surface area contributed by atoms with Gasteiger partial charge in [-0.2, -0.15) is 5.10 Å². The molecule has 5 heteroatoms. The van der Waals surface area contributed by atoms with E-state index in [0.717, 1.165) is 26.2 Å². The first-order valence-corrected chi connectivity index (χ1v) is 6.47. The Balaban J connectivity index is 1.57. The fourth-order valence-electron chi connectivity index (χ4n) is 3.02. The van der Waals surface area contributed by atoms with Crippen LogP contribution < -0.4 is 5.73 Å². The van der Waals surface area contributed by atoms with Gasteiger partial charge < -0.3 is 10.5 Å². The lowest BCUT2D eigenvalue weighted by Gasteiger charge is -2.37. The molecule has 2 N–H and O–H groups in total. The normalized spacial score (nSPS) is 29.4. The van der Waals surface area contributed by atoms with Crippen molar-refractivity contribution < 1.29 is 4.74 Å². The van der Waals surface area contributed by atoms with Crippen LogP contribution in [0.5, 0.6) is 0 Å². The summed E-state index contributed by atoms with van der Waals surface area (Å²) < 4.78 is 7.73. The van der Waals surface area contributed by atoms with Crippen LogP contribution in [-0.4, -0.2) is 46.5 Å². The Morgan fingerprint density at radius 1 is 1.41 bits per heavy atom. The van der Waals surface area contributed by atoms with Crippen molar-refractivity contribution in [3.05, 3.63) is 12.3 Å². The van der Waals surface area contributed by atoms with E-state index in [2.05, 4.69) is 10.00 Å². The van der Waals surface area contributed by atoms with Gasteiger partial charge in [-0.15, -0.1) is 0 Å². The summed E-state index contributed by atoms with van der Waals surface area (Å²) in [5.74, 6) is 0.603. The number of nitrogens with two attached hydrogens (primary N) is 1. The molecule has 0 radical (unpaired) electrons. The number of hydrogen-bond acceptors (Lipinski definition) is 4. The number of nitrogen functional groups attached to an aromatic ring is 1. The average Bonchev–Trinajstić information content (AvgIpc) is 2.94. The first kappa shape index (κ1) is 11.0. The second kappa shape index (κ2) is 4.66. The number of nitrogens with zero attached hydrogens (tertiary/aromatic N) is 3. The molecule has 1 aliphatic carbocycles. The van der Waals surface area contributed by atoms with Gasteiger partial charge in [-0.25, -0.2) is 0 Å². The maximum Gasteiger partial charge on any atom is 0.145 e. The molecule has 2 atom stereocenters. The summed E-state index contributed by atoms with van der Waals surface area (Å²) in [4.78, 5) is 2.55. The quantitative estimate of drug-likeness (QED) is 0.840. The Hall–Kier alpha value is -1.07. The Kier molecular flexibility index (Phi) is 3.03. The highest BCUT2D eigenvalue weighted by Crippen LogP contribution is 2.29. The van der Waals surface area contributed by atoms with Crippen molar-refractivity contribution in [2.75, 3.05) is 25.4 Å². The van der Waals surface area contributed by atoms with Gasteiger partial charge >= 0.3 is 0 Å². The largest absolute Gasteiger partial charge is 0.382 e. The molecule has 1 aromatic rings. The van der Waals surface area contributed by atoms with Crippen LogP contribution in [-0.2, 0) is 11.3 Å². The van der Waals surface area contributed by atoms with Crippen molar-refractivity contribution >= 4 is 5.82 Å². The van der Waals surface area contributed by atoms with E-state index in [1.165, 1.54) is 19.3 Å². The monoisotopic (exact) mass is 236 g/mol. The predicted octanol–water partition coefficient (Wildman–Crippen LogP) is 0.719. The molecule has 2 unspecified atom stereocenters. The Bertz CT molecular complexity index is 378. The smallest absolute Gasteiger partial charge is 0.145 e. The van der Waals surface area contributed by atoms with Gasteiger partial charge in [-0.1, -0.05) is 0 Å². The lowest BCUT2D eigenvalue weighted by Crippen LogP contribution is -2.49. The fourth-order valence-corrected chi connectivity index (χ4v) is 3.02. The van der Waals surface area contributed by atoms with Crippen LogP contribution in [0.3, 0.4) is 0 Å². The van der Waals surface area contributed by atoms with Crippen molar-refractivity contribution in [3.8, 4) is 0 Å². The molecule has 1 saturated carbocycles. The third kappa shape index (κ3) is 2.30. The molecule has 2 heterocycles. The maximum atomic E-state index is 5.80. The van der Waals surface area contributed by atoms with Crippen molar-refractivity contribution in [3.63, 3.8) is 0 Å². The van der Waals surface area contributed by atoms with Crippen LogP contribution in [0.15, 0.2) is 12.3 Å². The molecule has 0 amide bonds. The number of anilines is 1. The van der Waals surface area contributed by atoms with Gasteiger partial charge in [0.2, 0.25) is 0 Å². The minimum atomic E-state index is 0.478. The maximum absolute atomic E-state index is 5.80. The molecule has 1 aromatic heterocycles. The van der Waals surface area contributed by atoms with E-state index >= 15 is 0 Å². The molecule has 17 heavy (non-hydrogen) atoms. The van der Waals surface area contributed by atoms with Gasteiger partial charge in [-0.05, 0) is 25.3 Å². The molecule has 5 nitrogen and oxygen atoms in total. The van der Waals surface area contributed by atoms with Gasteiger partial charge in [0.1, 0.15) is 5.82 Å². The van der Waals surface area contributed by atoms with Crippen LogP contribution in [0.4, 0.5) is 5.82 Å². The summed E-state index contributed by atoms with van der Waals surface area (Å²) in [6.45, 7) is 3.90. The molecular formula is C12H20N4O. The van der Waals surface area contributed by atoms with Gasteiger partial charge in [0.05, 0.1) is 19.3 Å². The lowest BCUT2D eigenvalue weighted by molar-refractivity contribution is -0.0566. The predicted molar refractivity (Wildman–Crippen MR) is 65.6 cm³/mol. The van der Waals surface area contributed by atoms with E-state index < -0.39 is 0 Å². The van der Waals surface area contributed by atoms with E-state index in [4.69, 9.17) is 10.5 Å². The molecule has 94 valence electrons. The molecule has 2 aliphatic rings. The highest BCUT2D eigenvalue weighted by Gasteiger charge is 2.35. The highest BCUT2D eigenvalue weighted by atomic mass is 16.5. The van der Waals surface area contributed by atoms with Gasteiger partial charge in [0.25, 0.3) is 0 Å². The van der Waals surface area contributed by atoms with Crippen LogP contribution in [0, 0.1) is 0 Å². The van der Waals surface area contributed by atoms with Gasteiger partial charge in [0.15, 0.2) is 0 Å². The van der Waals surface area contributed by atoms with Crippen molar-refractivity contribution in [2.45, 2.75) is 38.0 Å². The van der Waals surface area contributed by atoms with E-state index in [-0.39, 0.29) is 0 Å². The molecule has 1 saturated heterocycles. The van der Waals surface area contributed by atoms with Crippen LogP contribution >= 0.6 is 0 Å². The van der Waals surface area contributed by atoms with Crippen molar-refractivity contribution in [2.24, 2.45) is 0 Å². The summed E-state index contributed by atoms with van der Waals surface area (Å²) >= 11 is 0. The number of ether oxygens (including phenoxy) is 1. The zero-order chi connectivity index (χ0) is 11.7. The zero-order valence-corrected chi connectivity index (χ0v) is 10.1. The first-order chi connectivity index (χ1) is 8.33. The molecular weight excluding hydrogens is 216 g/mol. The number of morpholine rings is 1. The number of fused-ring (bicyclic) bond motifs is 1. The molecule has 0 bridgehead atoms. The average molecular weight is 236 g/mol. The summed E-state index contributed by atoms with van der Waals surface area (Å²) in [5.41, 5.74) is 5.61. The lowest BCUT2D eigenvalue weighted by atomic mass is 10.1. The minimum Gasteiger partial charge on any atom is -0.382 e. The molecule has 3 rings (SSSR count). The van der Waals surface area contributed by atoms with Crippen molar-refractivity contribution in [1.82, 2.24) is 14.7 Å². The topological polar surface area (TPSA) is 56.3 Å². The number of rotatable bonds is 3. The van der Waals surface area contributed by atoms with Gasteiger partial charge in [0, 0.05) is 25.3 Å². The zero-order valence-electron chi connectivity index (χ0n) is 10.1. The van der Waals surface area contributed by atoms with Crippen LogP contribution in [0.1, 0.15) is 19.3 Å². The number of aromatic nitrogens is 2. The summed E-state index contributed by atoms with van der Waals surface area (Å²) in [6.07, 6.45) is 6.25. The highest BCUT2D eigenvalue weighted by molar-refractivity contribution is 5.23. The van der Waals surface area contributed by atoms with Gasteiger partial charge in [-0.3, -0.25) is 9.58 Å². The first-order valence-electron chi connectivity index (χ1n) is 6.47. The molecule has 2 fully saturated rings. The molecule has 1 aliphatic heterocycles. The second-order valence-corrected chi connectivity index (χ2v) is 4.95. The third-order valence-corrected chi connectivity index (χ3v) is 3.87. The molecule has 0 aromatic carbocycles. The van der Waals surface area contributed by atoms with Crippen LogP contribution in [0.2, 0.25) is 0 Å². The SMILES string of the molecule is Nc1ccn(CCN2CCOC3CCCC32)n1. The van der Waals surface area contributed by atoms with E-state index in [1.54, 1.807) is 0 Å². The van der Waals surface area contributed by atoms with E-state index in [9.17, 15) is 0 Å². The Labute approximate surface area is 102 Å². The summed E-state index contributed by atoms with van der Waals surface area (Å²) in [5, 5.41) is 4.22.